The maximum absolute atomic E-state index is 12.4. The van der Waals surface area contributed by atoms with Gasteiger partial charge in [-0.05, 0) is 43.2 Å². The molecule has 1 aliphatic heterocycles. The van der Waals surface area contributed by atoms with Crippen LogP contribution in [0.3, 0.4) is 0 Å². The van der Waals surface area contributed by atoms with Gasteiger partial charge in [-0.25, -0.2) is 0 Å². The molecule has 0 unspecified atom stereocenters. The second kappa shape index (κ2) is 7.50. The Bertz CT molecular complexity index is 1010. The maximum Gasteiger partial charge on any atom is 0.280 e. The van der Waals surface area contributed by atoms with E-state index in [1.54, 1.807) is 30.4 Å². The summed E-state index contributed by atoms with van der Waals surface area (Å²) in [7, 11) is 0. The van der Waals surface area contributed by atoms with Crippen molar-refractivity contribution in [2.24, 2.45) is 0 Å². The summed E-state index contributed by atoms with van der Waals surface area (Å²) in [6, 6.07) is 6.61. The molecule has 2 heterocycles. The number of furan rings is 1. The van der Waals surface area contributed by atoms with Gasteiger partial charge in [-0.15, -0.1) is 6.58 Å². The number of nitrogens with zero attached hydrogens (tertiary/aromatic N) is 2. The number of aryl methyl sites for hydroxylation is 2. The van der Waals surface area contributed by atoms with Crippen molar-refractivity contribution in [1.82, 2.24) is 4.90 Å². The van der Waals surface area contributed by atoms with Crippen LogP contribution in [0, 0.1) is 24.0 Å². The molecule has 1 amide bonds. The molecule has 2 aromatic rings. The van der Waals surface area contributed by atoms with Crippen LogP contribution in [-0.2, 0) is 4.79 Å². The average molecular weight is 400 g/mol. The van der Waals surface area contributed by atoms with E-state index < -0.39 is 4.92 Å². The highest BCUT2D eigenvalue weighted by atomic mass is 32.2. The van der Waals surface area contributed by atoms with Crippen LogP contribution >= 0.6 is 24.0 Å². The predicted octanol–water partition coefficient (Wildman–Crippen LogP) is 4.86. The fraction of sp³-hybridized carbons (Fsp3) is 0.158. The number of carbonyl (C=O) groups is 1. The highest BCUT2D eigenvalue weighted by Crippen LogP contribution is 2.36. The molecule has 6 nitrogen and oxygen atoms in total. The summed E-state index contributed by atoms with van der Waals surface area (Å²) in [4.78, 5) is 25.3. The number of rotatable bonds is 5. The standard InChI is InChI=1S/C19H16N2O4S2/c1-4-7-20-18(22)17(27-19(20)26)10-13-5-6-16(25-13)14-8-11(2)12(3)9-15(14)21(23)24/h4-6,8-10H,1,7H2,2-3H3/b17-10+. The Morgan fingerprint density at radius 2 is 2.04 bits per heavy atom. The lowest BCUT2D eigenvalue weighted by Crippen LogP contribution is -2.27. The Balaban J connectivity index is 1.96. The normalized spacial score (nSPS) is 15.6. The summed E-state index contributed by atoms with van der Waals surface area (Å²) in [5, 5.41) is 11.4. The SMILES string of the molecule is C=CCN1C(=O)/C(=C\c2ccc(-c3cc(C)c(C)cc3[N+](=O)[O-])o2)SC1=S. The molecule has 27 heavy (non-hydrogen) atoms. The molecule has 1 aromatic heterocycles. The van der Waals surface area contributed by atoms with Crippen molar-refractivity contribution >= 4 is 46.0 Å². The number of benzene rings is 1. The van der Waals surface area contributed by atoms with Crippen LogP contribution in [0.5, 0.6) is 0 Å². The first-order chi connectivity index (χ1) is 12.8. The summed E-state index contributed by atoms with van der Waals surface area (Å²) < 4.78 is 6.23. The number of amides is 1. The molecule has 0 N–H and O–H groups in total. The van der Waals surface area contributed by atoms with Gasteiger partial charge in [0.05, 0.1) is 15.4 Å². The van der Waals surface area contributed by atoms with Crippen molar-refractivity contribution in [3.05, 3.63) is 68.8 Å². The largest absolute Gasteiger partial charge is 0.456 e. The van der Waals surface area contributed by atoms with Gasteiger partial charge < -0.3 is 4.42 Å². The van der Waals surface area contributed by atoms with Crippen LogP contribution < -0.4 is 0 Å². The first kappa shape index (κ1) is 19.1. The number of thiocarbonyl (C=S) groups is 1. The van der Waals surface area contributed by atoms with E-state index in [2.05, 4.69) is 6.58 Å². The number of hydrogen-bond acceptors (Lipinski definition) is 6. The molecule has 0 radical (unpaired) electrons. The van der Waals surface area contributed by atoms with Crippen LogP contribution in [0.4, 0.5) is 5.69 Å². The van der Waals surface area contributed by atoms with Crippen molar-refractivity contribution in [2.45, 2.75) is 13.8 Å². The molecule has 1 saturated heterocycles. The Morgan fingerprint density at radius 3 is 2.70 bits per heavy atom. The predicted molar refractivity (Wildman–Crippen MR) is 110 cm³/mol. The van der Waals surface area contributed by atoms with Gasteiger partial charge in [-0.2, -0.15) is 0 Å². The van der Waals surface area contributed by atoms with Gasteiger partial charge in [-0.3, -0.25) is 19.8 Å². The molecule has 0 atom stereocenters. The van der Waals surface area contributed by atoms with Crippen LogP contribution in [0.15, 0.2) is 46.2 Å². The third-order valence-electron chi connectivity index (χ3n) is 4.16. The summed E-state index contributed by atoms with van der Waals surface area (Å²) in [5.74, 6) is 0.592. The van der Waals surface area contributed by atoms with Crippen molar-refractivity contribution in [3.8, 4) is 11.3 Å². The summed E-state index contributed by atoms with van der Waals surface area (Å²) in [5.41, 5.74) is 2.15. The zero-order chi connectivity index (χ0) is 19.7. The third-order valence-corrected chi connectivity index (χ3v) is 5.54. The van der Waals surface area contributed by atoms with E-state index in [-0.39, 0.29) is 11.6 Å². The lowest BCUT2D eigenvalue weighted by atomic mass is 10.0. The van der Waals surface area contributed by atoms with Crippen molar-refractivity contribution in [3.63, 3.8) is 0 Å². The topological polar surface area (TPSA) is 76.6 Å². The molecule has 1 aromatic carbocycles. The number of carbonyl (C=O) groups excluding carboxylic acids is 1. The Hall–Kier alpha value is -2.71. The minimum absolute atomic E-state index is 0.0173. The number of nitro benzene ring substituents is 1. The van der Waals surface area contributed by atoms with Gasteiger partial charge in [0.1, 0.15) is 15.8 Å². The maximum atomic E-state index is 12.4. The lowest BCUT2D eigenvalue weighted by Gasteiger charge is -2.10. The van der Waals surface area contributed by atoms with Gasteiger partial charge in [0.2, 0.25) is 0 Å². The zero-order valence-electron chi connectivity index (χ0n) is 14.7. The van der Waals surface area contributed by atoms with E-state index in [9.17, 15) is 14.9 Å². The summed E-state index contributed by atoms with van der Waals surface area (Å²) in [6.07, 6.45) is 3.20. The molecule has 0 bridgehead atoms. The quantitative estimate of drug-likeness (QED) is 0.235. The van der Waals surface area contributed by atoms with Gasteiger partial charge in [0, 0.05) is 18.7 Å². The van der Waals surface area contributed by atoms with E-state index >= 15 is 0 Å². The lowest BCUT2D eigenvalue weighted by molar-refractivity contribution is -0.384. The van der Waals surface area contributed by atoms with Crippen LogP contribution in [-0.4, -0.2) is 26.6 Å². The molecular formula is C19H16N2O4S2. The molecule has 138 valence electrons. The number of nitro groups is 1. The first-order valence-electron chi connectivity index (χ1n) is 8.04. The van der Waals surface area contributed by atoms with Crippen LogP contribution in [0.1, 0.15) is 16.9 Å². The Morgan fingerprint density at radius 1 is 1.33 bits per heavy atom. The third kappa shape index (κ3) is 3.72. The van der Waals surface area contributed by atoms with Crippen molar-refractivity contribution in [1.29, 1.82) is 0 Å². The molecule has 0 spiro atoms. The average Bonchev–Trinajstić information content (AvgIpc) is 3.17. The Kier molecular flexibility index (Phi) is 5.29. The van der Waals surface area contributed by atoms with Crippen LogP contribution in [0.2, 0.25) is 0 Å². The number of thioether (sulfide) groups is 1. The first-order valence-corrected chi connectivity index (χ1v) is 9.26. The fourth-order valence-corrected chi connectivity index (χ4v) is 3.90. The van der Waals surface area contributed by atoms with E-state index in [1.807, 2.05) is 13.8 Å². The molecular weight excluding hydrogens is 384 g/mol. The summed E-state index contributed by atoms with van der Waals surface area (Å²) in [6.45, 7) is 7.68. The molecule has 3 rings (SSSR count). The van der Waals surface area contributed by atoms with Gasteiger partial charge in [0.15, 0.2) is 0 Å². The van der Waals surface area contributed by atoms with E-state index in [0.717, 1.165) is 11.1 Å². The van der Waals surface area contributed by atoms with Gasteiger partial charge in [-0.1, -0.05) is 30.1 Å². The smallest absolute Gasteiger partial charge is 0.280 e. The highest BCUT2D eigenvalue weighted by Gasteiger charge is 2.31. The van der Waals surface area contributed by atoms with Crippen molar-refractivity contribution < 1.29 is 14.1 Å². The monoisotopic (exact) mass is 400 g/mol. The van der Waals surface area contributed by atoms with E-state index in [0.29, 0.717) is 32.9 Å². The van der Waals surface area contributed by atoms with Gasteiger partial charge >= 0.3 is 0 Å². The second-order valence-electron chi connectivity index (χ2n) is 5.99. The zero-order valence-corrected chi connectivity index (χ0v) is 16.4. The molecule has 1 fully saturated rings. The highest BCUT2D eigenvalue weighted by molar-refractivity contribution is 8.26. The molecule has 8 heteroatoms. The minimum atomic E-state index is -0.426. The molecule has 0 aliphatic carbocycles. The molecule has 1 aliphatic rings. The minimum Gasteiger partial charge on any atom is -0.456 e. The van der Waals surface area contributed by atoms with E-state index in [1.165, 1.54) is 22.7 Å². The summed E-state index contributed by atoms with van der Waals surface area (Å²) >= 11 is 6.39. The van der Waals surface area contributed by atoms with Crippen molar-refractivity contribution in [2.75, 3.05) is 6.54 Å². The number of hydrogen-bond donors (Lipinski definition) is 0. The van der Waals surface area contributed by atoms with E-state index in [4.69, 9.17) is 16.6 Å². The Labute approximate surface area is 165 Å². The van der Waals surface area contributed by atoms with Crippen LogP contribution in [0.25, 0.3) is 17.4 Å². The second-order valence-corrected chi connectivity index (χ2v) is 7.67. The molecule has 0 saturated carbocycles. The van der Waals surface area contributed by atoms with Gasteiger partial charge in [0.25, 0.3) is 11.6 Å². The fourth-order valence-electron chi connectivity index (χ4n) is 2.64.